The van der Waals surface area contributed by atoms with Crippen LogP contribution in [0.3, 0.4) is 0 Å². The van der Waals surface area contributed by atoms with Gasteiger partial charge in [0.1, 0.15) is 5.01 Å². The lowest BCUT2D eigenvalue weighted by atomic mass is 10.1. The number of anilines is 1. The van der Waals surface area contributed by atoms with Crippen molar-refractivity contribution in [3.8, 4) is 0 Å². The molecule has 0 amide bonds. The van der Waals surface area contributed by atoms with Crippen molar-refractivity contribution >= 4 is 23.0 Å². The SMILES string of the molecule is CCOC(=O)c1csc(CNCCCc2cccc(N)c2)n1. The van der Waals surface area contributed by atoms with E-state index in [1.807, 2.05) is 18.2 Å². The summed E-state index contributed by atoms with van der Waals surface area (Å²) in [5.41, 5.74) is 8.20. The Morgan fingerprint density at radius 1 is 1.45 bits per heavy atom. The number of hydrogen-bond acceptors (Lipinski definition) is 6. The first-order valence-corrected chi connectivity index (χ1v) is 8.23. The molecular formula is C16H21N3O2S. The van der Waals surface area contributed by atoms with Gasteiger partial charge in [0.05, 0.1) is 6.61 Å². The fourth-order valence-electron chi connectivity index (χ4n) is 2.05. The topological polar surface area (TPSA) is 77.2 Å². The lowest BCUT2D eigenvalue weighted by molar-refractivity contribution is 0.0520. The lowest BCUT2D eigenvalue weighted by Crippen LogP contribution is -2.15. The van der Waals surface area contributed by atoms with E-state index in [1.165, 1.54) is 16.9 Å². The Morgan fingerprint density at radius 2 is 2.32 bits per heavy atom. The Hall–Kier alpha value is -1.92. The van der Waals surface area contributed by atoms with Crippen molar-refractivity contribution in [1.29, 1.82) is 0 Å². The van der Waals surface area contributed by atoms with Crippen molar-refractivity contribution in [2.75, 3.05) is 18.9 Å². The fourth-order valence-corrected chi connectivity index (χ4v) is 2.79. The number of rotatable bonds is 8. The van der Waals surface area contributed by atoms with Gasteiger partial charge in [-0.1, -0.05) is 12.1 Å². The zero-order valence-electron chi connectivity index (χ0n) is 12.7. The van der Waals surface area contributed by atoms with E-state index in [0.29, 0.717) is 18.8 Å². The number of nitrogens with zero attached hydrogens (tertiary/aromatic N) is 1. The van der Waals surface area contributed by atoms with Crippen LogP contribution >= 0.6 is 11.3 Å². The van der Waals surface area contributed by atoms with Crippen LogP contribution in [-0.4, -0.2) is 24.1 Å². The minimum absolute atomic E-state index is 0.355. The number of carbonyl (C=O) groups is 1. The molecule has 118 valence electrons. The molecule has 0 unspecified atom stereocenters. The molecule has 0 fully saturated rings. The predicted octanol–water partition coefficient (Wildman–Crippen LogP) is 2.62. The number of benzene rings is 1. The van der Waals surface area contributed by atoms with Crippen molar-refractivity contribution in [1.82, 2.24) is 10.3 Å². The summed E-state index contributed by atoms with van der Waals surface area (Å²) in [5, 5.41) is 5.97. The van der Waals surface area contributed by atoms with Crippen LogP contribution in [-0.2, 0) is 17.7 Å². The first kappa shape index (κ1) is 16.5. The summed E-state index contributed by atoms with van der Waals surface area (Å²) in [7, 11) is 0. The summed E-state index contributed by atoms with van der Waals surface area (Å²) in [4.78, 5) is 15.8. The van der Waals surface area contributed by atoms with Gasteiger partial charge in [-0.15, -0.1) is 11.3 Å². The molecule has 0 aliphatic rings. The first-order chi connectivity index (χ1) is 10.7. The minimum Gasteiger partial charge on any atom is -0.461 e. The normalized spacial score (nSPS) is 10.6. The van der Waals surface area contributed by atoms with Crippen molar-refractivity contribution in [2.45, 2.75) is 26.3 Å². The molecule has 3 N–H and O–H groups in total. The third-order valence-corrected chi connectivity index (χ3v) is 3.93. The third-order valence-electron chi connectivity index (χ3n) is 3.08. The number of thiazole rings is 1. The highest BCUT2D eigenvalue weighted by atomic mass is 32.1. The van der Waals surface area contributed by atoms with Gasteiger partial charge in [0, 0.05) is 17.6 Å². The van der Waals surface area contributed by atoms with E-state index < -0.39 is 0 Å². The predicted molar refractivity (Wildman–Crippen MR) is 89.0 cm³/mol. The molecule has 0 aliphatic heterocycles. The van der Waals surface area contributed by atoms with Gasteiger partial charge in [0.2, 0.25) is 0 Å². The molecule has 1 aromatic heterocycles. The Kier molecular flexibility index (Phi) is 6.36. The largest absolute Gasteiger partial charge is 0.461 e. The molecule has 2 aromatic rings. The zero-order valence-corrected chi connectivity index (χ0v) is 13.5. The molecule has 0 saturated carbocycles. The number of aryl methyl sites for hydroxylation is 1. The van der Waals surface area contributed by atoms with Crippen LogP contribution in [0.1, 0.15) is 34.4 Å². The van der Waals surface area contributed by atoms with Gasteiger partial charge < -0.3 is 15.8 Å². The molecular weight excluding hydrogens is 298 g/mol. The average Bonchev–Trinajstić information content (AvgIpc) is 2.96. The smallest absolute Gasteiger partial charge is 0.357 e. The lowest BCUT2D eigenvalue weighted by Gasteiger charge is -2.04. The van der Waals surface area contributed by atoms with E-state index in [9.17, 15) is 4.79 Å². The van der Waals surface area contributed by atoms with Gasteiger partial charge in [-0.05, 0) is 44.0 Å². The molecule has 0 spiro atoms. The van der Waals surface area contributed by atoms with E-state index in [0.717, 1.165) is 30.1 Å². The van der Waals surface area contributed by atoms with Crippen molar-refractivity contribution in [3.05, 3.63) is 45.9 Å². The van der Waals surface area contributed by atoms with Crippen LogP contribution < -0.4 is 11.1 Å². The monoisotopic (exact) mass is 319 g/mol. The van der Waals surface area contributed by atoms with E-state index >= 15 is 0 Å². The molecule has 2 rings (SSSR count). The van der Waals surface area contributed by atoms with E-state index in [2.05, 4.69) is 16.4 Å². The summed E-state index contributed by atoms with van der Waals surface area (Å²) in [6, 6.07) is 7.96. The van der Waals surface area contributed by atoms with Crippen molar-refractivity contribution in [3.63, 3.8) is 0 Å². The summed E-state index contributed by atoms with van der Waals surface area (Å²) in [6.07, 6.45) is 2.02. The molecule has 5 nitrogen and oxygen atoms in total. The van der Waals surface area contributed by atoms with Crippen LogP contribution in [0.15, 0.2) is 29.6 Å². The molecule has 1 heterocycles. The van der Waals surface area contributed by atoms with Gasteiger partial charge in [0.15, 0.2) is 5.69 Å². The number of carbonyl (C=O) groups excluding carboxylic acids is 1. The van der Waals surface area contributed by atoms with Crippen LogP contribution in [0.2, 0.25) is 0 Å². The second kappa shape index (κ2) is 8.51. The molecule has 1 aromatic carbocycles. The summed E-state index contributed by atoms with van der Waals surface area (Å²) < 4.78 is 4.92. The van der Waals surface area contributed by atoms with Crippen molar-refractivity contribution < 1.29 is 9.53 Å². The van der Waals surface area contributed by atoms with E-state index in [1.54, 1.807) is 12.3 Å². The number of nitrogens with two attached hydrogens (primary N) is 1. The highest BCUT2D eigenvalue weighted by molar-refractivity contribution is 7.09. The maximum absolute atomic E-state index is 11.5. The number of hydrogen-bond donors (Lipinski definition) is 2. The second-order valence-corrected chi connectivity index (χ2v) is 5.81. The quantitative estimate of drug-likeness (QED) is 0.444. The maximum atomic E-state index is 11.5. The molecule has 22 heavy (non-hydrogen) atoms. The Balaban J connectivity index is 1.67. The fraction of sp³-hybridized carbons (Fsp3) is 0.375. The molecule has 0 atom stereocenters. The first-order valence-electron chi connectivity index (χ1n) is 7.35. The van der Waals surface area contributed by atoms with E-state index in [4.69, 9.17) is 10.5 Å². The van der Waals surface area contributed by atoms with Gasteiger partial charge in [-0.25, -0.2) is 9.78 Å². The molecule has 6 heteroatoms. The Morgan fingerprint density at radius 3 is 3.09 bits per heavy atom. The second-order valence-electron chi connectivity index (χ2n) is 4.87. The molecule has 0 aliphatic carbocycles. The van der Waals surface area contributed by atoms with Gasteiger partial charge >= 0.3 is 5.97 Å². The zero-order chi connectivity index (χ0) is 15.8. The van der Waals surface area contributed by atoms with Crippen LogP contribution in [0.5, 0.6) is 0 Å². The number of nitrogen functional groups attached to an aromatic ring is 1. The Labute approximate surface area is 134 Å². The van der Waals surface area contributed by atoms with Gasteiger partial charge in [-0.2, -0.15) is 0 Å². The molecule has 0 bridgehead atoms. The summed E-state index contributed by atoms with van der Waals surface area (Å²) in [6.45, 7) is 3.71. The van der Waals surface area contributed by atoms with Crippen LogP contribution in [0.4, 0.5) is 5.69 Å². The van der Waals surface area contributed by atoms with Crippen LogP contribution in [0, 0.1) is 0 Å². The highest BCUT2D eigenvalue weighted by Gasteiger charge is 2.10. The maximum Gasteiger partial charge on any atom is 0.357 e. The average molecular weight is 319 g/mol. The van der Waals surface area contributed by atoms with Crippen LogP contribution in [0.25, 0.3) is 0 Å². The van der Waals surface area contributed by atoms with Gasteiger partial charge in [0.25, 0.3) is 0 Å². The molecule has 0 saturated heterocycles. The number of aromatic nitrogens is 1. The van der Waals surface area contributed by atoms with Crippen molar-refractivity contribution in [2.24, 2.45) is 0 Å². The standard InChI is InChI=1S/C16H21N3O2S/c1-2-21-16(20)14-11-22-15(19-14)10-18-8-4-6-12-5-3-7-13(17)9-12/h3,5,7,9,11,18H,2,4,6,8,10,17H2,1H3. The molecule has 0 radical (unpaired) electrons. The summed E-state index contributed by atoms with van der Waals surface area (Å²) >= 11 is 1.47. The number of esters is 1. The highest BCUT2D eigenvalue weighted by Crippen LogP contribution is 2.11. The van der Waals surface area contributed by atoms with E-state index in [-0.39, 0.29) is 5.97 Å². The summed E-state index contributed by atoms with van der Waals surface area (Å²) in [5.74, 6) is -0.355. The number of ether oxygens (including phenoxy) is 1. The third kappa shape index (κ3) is 5.13. The number of nitrogens with one attached hydrogen (secondary N) is 1. The van der Waals surface area contributed by atoms with Gasteiger partial charge in [-0.3, -0.25) is 0 Å². The minimum atomic E-state index is -0.355. The Bertz CT molecular complexity index is 613.